The van der Waals surface area contributed by atoms with Crippen molar-refractivity contribution in [1.29, 1.82) is 0 Å². The van der Waals surface area contributed by atoms with Crippen molar-refractivity contribution in [2.45, 2.75) is 26.4 Å². The van der Waals surface area contributed by atoms with E-state index in [1.807, 2.05) is 32.0 Å². The summed E-state index contributed by atoms with van der Waals surface area (Å²) in [6, 6.07) is 9.30. The molecule has 27 heavy (non-hydrogen) atoms. The van der Waals surface area contributed by atoms with Crippen LogP contribution in [0.1, 0.15) is 25.1 Å². The SMILES string of the molecule is COc1cc(/C=C/C(=O)N(C)CCc2ccccn2)cc(Cl)c1OC(C)C. The molecule has 0 spiro atoms. The molecule has 1 heterocycles. The van der Waals surface area contributed by atoms with Gasteiger partial charge in [0.15, 0.2) is 11.5 Å². The number of pyridine rings is 1. The minimum Gasteiger partial charge on any atom is -0.493 e. The summed E-state index contributed by atoms with van der Waals surface area (Å²) >= 11 is 6.31. The van der Waals surface area contributed by atoms with E-state index in [0.717, 1.165) is 11.3 Å². The fourth-order valence-corrected chi connectivity index (χ4v) is 2.68. The summed E-state index contributed by atoms with van der Waals surface area (Å²) in [7, 11) is 3.33. The third-order valence-corrected chi connectivity index (χ3v) is 4.11. The maximum absolute atomic E-state index is 12.3. The fourth-order valence-electron chi connectivity index (χ4n) is 2.42. The first-order chi connectivity index (χ1) is 12.9. The quantitative estimate of drug-likeness (QED) is 0.634. The molecule has 0 unspecified atom stereocenters. The van der Waals surface area contributed by atoms with Crippen molar-refractivity contribution in [3.63, 3.8) is 0 Å². The molecular formula is C21H25ClN2O3. The van der Waals surface area contributed by atoms with E-state index in [1.54, 1.807) is 43.5 Å². The number of methoxy groups -OCH3 is 1. The Hall–Kier alpha value is -2.53. The molecule has 1 aromatic carbocycles. The minimum absolute atomic E-state index is 0.0212. The average molecular weight is 389 g/mol. The lowest BCUT2D eigenvalue weighted by atomic mass is 10.1. The second-order valence-corrected chi connectivity index (χ2v) is 6.77. The van der Waals surface area contributed by atoms with Gasteiger partial charge in [0.2, 0.25) is 5.91 Å². The fraction of sp³-hybridized carbons (Fsp3) is 0.333. The number of ether oxygens (including phenoxy) is 2. The summed E-state index contributed by atoms with van der Waals surface area (Å²) in [5.74, 6) is 0.945. The number of hydrogen-bond donors (Lipinski definition) is 0. The Kier molecular flexibility index (Phi) is 7.67. The summed E-state index contributed by atoms with van der Waals surface area (Å²) in [6.45, 7) is 4.43. The highest BCUT2D eigenvalue weighted by Gasteiger charge is 2.13. The average Bonchev–Trinajstić information content (AvgIpc) is 2.66. The van der Waals surface area contributed by atoms with Crippen molar-refractivity contribution >= 4 is 23.6 Å². The van der Waals surface area contributed by atoms with Crippen LogP contribution in [0.4, 0.5) is 0 Å². The van der Waals surface area contributed by atoms with Gasteiger partial charge in [-0.25, -0.2) is 0 Å². The monoisotopic (exact) mass is 388 g/mol. The highest BCUT2D eigenvalue weighted by atomic mass is 35.5. The van der Waals surface area contributed by atoms with E-state index in [4.69, 9.17) is 21.1 Å². The predicted molar refractivity (Wildman–Crippen MR) is 108 cm³/mol. The lowest BCUT2D eigenvalue weighted by molar-refractivity contribution is -0.124. The van der Waals surface area contributed by atoms with E-state index in [1.165, 1.54) is 6.08 Å². The van der Waals surface area contributed by atoms with Gasteiger partial charge in [-0.05, 0) is 49.8 Å². The summed E-state index contributed by atoms with van der Waals surface area (Å²) in [4.78, 5) is 18.2. The first-order valence-electron chi connectivity index (χ1n) is 8.78. The van der Waals surface area contributed by atoms with Crippen molar-refractivity contribution in [2.24, 2.45) is 0 Å². The molecule has 0 N–H and O–H groups in total. The highest BCUT2D eigenvalue weighted by Crippen LogP contribution is 2.37. The number of carbonyl (C=O) groups is 1. The maximum Gasteiger partial charge on any atom is 0.246 e. The number of hydrogen-bond acceptors (Lipinski definition) is 4. The maximum atomic E-state index is 12.3. The molecular weight excluding hydrogens is 364 g/mol. The van der Waals surface area contributed by atoms with E-state index < -0.39 is 0 Å². The van der Waals surface area contributed by atoms with Crippen molar-refractivity contribution in [3.8, 4) is 11.5 Å². The van der Waals surface area contributed by atoms with Crippen molar-refractivity contribution in [1.82, 2.24) is 9.88 Å². The zero-order valence-corrected chi connectivity index (χ0v) is 16.9. The van der Waals surface area contributed by atoms with Gasteiger partial charge in [-0.2, -0.15) is 0 Å². The molecule has 2 aromatic rings. The topological polar surface area (TPSA) is 51.7 Å². The molecule has 0 aliphatic rings. The van der Waals surface area contributed by atoms with Crippen LogP contribution in [0, 0.1) is 0 Å². The molecule has 0 fully saturated rings. The van der Waals surface area contributed by atoms with Gasteiger partial charge >= 0.3 is 0 Å². The second-order valence-electron chi connectivity index (χ2n) is 6.36. The molecule has 0 saturated heterocycles. The third-order valence-electron chi connectivity index (χ3n) is 3.83. The van der Waals surface area contributed by atoms with Crippen molar-refractivity contribution in [3.05, 3.63) is 58.9 Å². The van der Waals surface area contributed by atoms with Gasteiger partial charge in [0.05, 0.1) is 18.2 Å². The Morgan fingerprint density at radius 2 is 2.11 bits per heavy atom. The van der Waals surface area contributed by atoms with Gasteiger partial charge in [-0.15, -0.1) is 0 Å². The Morgan fingerprint density at radius 1 is 1.33 bits per heavy atom. The Bertz CT molecular complexity index is 792. The van der Waals surface area contributed by atoms with Crippen LogP contribution in [0.3, 0.4) is 0 Å². The molecule has 0 aliphatic heterocycles. The molecule has 144 valence electrons. The first-order valence-corrected chi connectivity index (χ1v) is 9.15. The number of rotatable bonds is 8. The highest BCUT2D eigenvalue weighted by molar-refractivity contribution is 6.32. The number of halogens is 1. The minimum atomic E-state index is -0.0940. The largest absolute Gasteiger partial charge is 0.493 e. The third kappa shape index (κ3) is 6.29. The van der Waals surface area contributed by atoms with E-state index >= 15 is 0 Å². The molecule has 0 aliphatic carbocycles. The summed E-state index contributed by atoms with van der Waals surface area (Å²) in [5, 5.41) is 0.443. The molecule has 0 radical (unpaired) electrons. The van der Waals surface area contributed by atoms with Gasteiger partial charge in [0, 0.05) is 38.0 Å². The zero-order valence-electron chi connectivity index (χ0n) is 16.1. The molecule has 1 aromatic heterocycles. The number of amides is 1. The number of benzene rings is 1. The molecule has 0 bridgehead atoms. The van der Waals surface area contributed by atoms with Crippen LogP contribution in [0.25, 0.3) is 6.08 Å². The van der Waals surface area contributed by atoms with E-state index in [2.05, 4.69) is 4.98 Å². The van der Waals surface area contributed by atoms with Gasteiger partial charge in [-0.3, -0.25) is 9.78 Å². The van der Waals surface area contributed by atoms with E-state index in [9.17, 15) is 4.79 Å². The summed E-state index contributed by atoms with van der Waals surface area (Å²) in [6.07, 6.45) is 5.67. The molecule has 2 rings (SSSR count). The number of nitrogens with zero attached hydrogens (tertiary/aromatic N) is 2. The second kappa shape index (κ2) is 9.97. The smallest absolute Gasteiger partial charge is 0.246 e. The summed E-state index contributed by atoms with van der Waals surface area (Å²) in [5.41, 5.74) is 1.72. The van der Waals surface area contributed by atoms with Crippen LogP contribution in [-0.4, -0.2) is 42.6 Å². The molecule has 0 atom stereocenters. The van der Waals surface area contributed by atoms with Gasteiger partial charge in [0.25, 0.3) is 0 Å². The van der Waals surface area contributed by atoms with Crippen LogP contribution >= 0.6 is 11.6 Å². The summed E-state index contributed by atoms with van der Waals surface area (Å²) < 4.78 is 11.1. The Morgan fingerprint density at radius 3 is 2.74 bits per heavy atom. The first kappa shape index (κ1) is 20.8. The van der Waals surface area contributed by atoms with Crippen LogP contribution in [0.2, 0.25) is 5.02 Å². The number of likely N-dealkylation sites (N-methyl/N-ethyl adjacent to an activating group) is 1. The molecule has 0 saturated carbocycles. The normalized spacial score (nSPS) is 11.0. The van der Waals surface area contributed by atoms with Gasteiger partial charge in [-0.1, -0.05) is 17.7 Å². The van der Waals surface area contributed by atoms with Crippen molar-refractivity contribution in [2.75, 3.05) is 20.7 Å². The molecule has 1 amide bonds. The standard InChI is InChI=1S/C21H25ClN2O3/c1-15(2)27-21-18(22)13-16(14-19(21)26-4)8-9-20(25)24(3)12-10-17-7-5-6-11-23-17/h5-9,11,13-15H,10,12H2,1-4H3/b9-8+. The van der Waals surface area contributed by atoms with Gasteiger partial charge < -0.3 is 14.4 Å². The van der Waals surface area contributed by atoms with Crippen LogP contribution < -0.4 is 9.47 Å². The van der Waals surface area contributed by atoms with Gasteiger partial charge in [0.1, 0.15) is 0 Å². The van der Waals surface area contributed by atoms with Crippen LogP contribution in [0.15, 0.2) is 42.6 Å². The lowest BCUT2D eigenvalue weighted by Crippen LogP contribution is -2.27. The Labute approximate surface area is 165 Å². The zero-order chi connectivity index (χ0) is 19.8. The van der Waals surface area contributed by atoms with Crippen LogP contribution in [0.5, 0.6) is 11.5 Å². The van der Waals surface area contributed by atoms with E-state index in [0.29, 0.717) is 29.5 Å². The lowest BCUT2D eigenvalue weighted by Gasteiger charge is -2.16. The number of carbonyl (C=O) groups excluding carboxylic acids is 1. The molecule has 5 nitrogen and oxygen atoms in total. The van der Waals surface area contributed by atoms with Crippen LogP contribution in [-0.2, 0) is 11.2 Å². The predicted octanol–water partition coefficient (Wildman–Crippen LogP) is 4.25. The Balaban J connectivity index is 2.03. The van der Waals surface area contributed by atoms with E-state index in [-0.39, 0.29) is 12.0 Å². The number of aromatic nitrogens is 1. The van der Waals surface area contributed by atoms with Crippen molar-refractivity contribution < 1.29 is 14.3 Å². The molecule has 6 heteroatoms.